The summed E-state index contributed by atoms with van der Waals surface area (Å²) < 4.78 is 13.0. The number of nitrogens with zero attached hydrogens (tertiary/aromatic N) is 1. The number of aliphatic hydroxyl groups is 2. The zero-order chi connectivity index (χ0) is 32.2. The number of amides is 1. The van der Waals surface area contributed by atoms with E-state index in [-0.39, 0.29) is 37.2 Å². The standard InChI is InChI=1S/C36H46N2O7/c1-25(35(43)29-9-5-3-6-10-29)38(2)23-31-21-32(28-17-15-27(24-39)16-18-28)45-36(44-31)30-19-13-26(14-20-30)22-37-33(40)11-7-4-8-12-34(41)42/h3,5-6,9-10,13-20,25,31-32,35-36,39,43H,4,7-8,11-12,21-24H2,1-2H3,(H,37,40)(H,41,42)/t25-,31-,32+,35-,36+/m0/s1. The number of likely N-dealkylation sites (N-methyl/N-ethyl adjacent to an activating group) is 1. The van der Waals surface area contributed by atoms with Gasteiger partial charge in [-0.1, -0.05) is 85.3 Å². The summed E-state index contributed by atoms with van der Waals surface area (Å²) in [6.45, 7) is 2.98. The third-order valence-corrected chi connectivity index (χ3v) is 8.44. The maximum atomic E-state index is 12.2. The SMILES string of the molecule is C[C@@H]([C@H](O)c1ccccc1)N(C)C[C@@H]1C[C@H](c2ccc(CO)cc2)O[C@H](c2ccc(CNC(=O)CCCCCC(=O)O)cc2)O1. The molecule has 1 aliphatic rings. The van der Waals surface area contributed by atoms with Crippen molar-refractivity contribution in [3.63, 3.8) is 0 Å². The second kappa shape index (κ2) is 17.2. The van der Waals surface area contributed by atoms with Crippen molar-refractivity contribution in [1.29, 1.82) is 0 Å². The van der Waals surface area contributed by atoms with Crippen LogP contribution in [0.5, 0.6) is 0 Å². The monoisotopic (exact) mass is 618 g/mol. The summed E-state index contributed by atoms with van der Waals surface area (Å²) in [4.78, 5) is 25.0. The topological polar surface area (TPSA) is 129 Å². The van der Waals surface area contributed by atoms with Crippen LogP contribution in [0, 0.1) is 0 Å². The van der Waals surface area contributed by atoms with Crippen LogP contribution in [0.4, 0.5) is 0 Å². The Kier molecular flexibility index (Phi) is 13.1. The number of hydrogen-bond donors (Lipinski definition) is 4. The van der Waals surface area contributed by atoms with Crippen LogP contribution in [0.25, 0.3) is 0 Å². The van der Waals surface area contributed by atoms with Gasteiger partial charge in [0.25, 0.3) is 0 Å². The van der Waals surface area contributed by atoms with E-state index in [1.165, 1.54) is 0 Å². The van der Waals surface area contributed by atoms with Crippen molar-refractivity contribution >= 4 is 11.9 Å². The van der Waals surface area contributed by atoms with Crippen molar-refractivity contribution in [2.24, 2.45) is 0 Å². The minimum absolute atomic E-state index is 0.0216. The average molecular weight is 619 g/mol. The van der Waals surface area contributed by atoms with Crippen molar-refractivity contribution in [1.82, 2.24) is 10.2 Å². The van der Waals surface area contributed by atoms with Crippen LogP contribution < -0.4 is 5.32 Å². The van der Waals surface area contributed by atoms with Crippen LogP contribution >= 0.6 is 0 Å². The number of carboxylic acids is 1. The second-order valence-corrected chi connectivity index (χ2v) is 11.9. The van der Waals surface area contributed by atoms with Crippen molar-refractivity contribution < 1.29 is 34.4 Å². The van der Waals surface area contributed by atoms with E-state index < -0.39 is 18.4 Å². The van der Waals surface area contributed by atoms with Crippen molar-refractivity contribution in [3.05, 3.63) is 107 Å². The van der Waals surface area contributed by atoms with Gasteiger partial charge in [-0.25, -0.2) is 0 Å². The minimum Gasteiger partial charge on any atom is -0.481 e. The zero-order valence-electron chi connectivity index (χ0n) is 26.2. The largest absolute Gasteiger partial charge is 0.481 e. The number of unbranched alkanes of at least 4 members (excludes halogenated alkanes) is 2. The van der Waals surface area contributed by atoms with Gasteiger partial charge in [0.05, 0.1) is 24.9 Å². The Labute approximate surface area is 265 Å². The first-order valence-corrected chi connectivity index (χ1v) is 15.7. The zero-order valence-corrected chi connectivity index (χ0v) is 26.2. The van der Waals surface area contributed by atoms with Gasteiger partial charge in [-0.05, 0) is 49.1 Å². The fourth-order valence-corrected chi connectivity index (χ4v) is 5.51. The quantitative estimate of drug-likeness (QED) is 0.157. The Morgan fingerprint density at radius 3 is 2.20 bits per heavy atom. The molecule has 1 aliphatic heterocycles. The molecule has 3 aromatic rings. The first kappa shape index (κ1) is 34.3. The van der Waals surface area contributed by atoms with Crippen LogP contribution in [0.1, 0.15) is 91.8 Å². The average Bonchev–Trinajstić information content (AvgIpc) is 3.06. The van der Waals surface area contributed by atoms with Gasteiger partial charge in [-0.3, -0.25) is 14.5 Å². The van der Waals surface area contributed by atoms with Crippen molar-refractivity contribution in [2.75, 3.05) is 13.6 Å². The third kappa shape index (κ3) is 10.5. The van der Waals surface area contributed by atoms with Gasteiger partial charge in [-0.2, -0.15) is 0 Å². The molecule has 1 fully saturated rings. The molecule has 0 bridgehead atoms. The molecule has 242 valence electrons. The van der Waals surface area contributed by atoms with Crippen LogP contribution in [-0.2, 0) is 32.2 Å². The minimum atomic E-state index is -0.810. The van der Waals surface area contributed by atoms with E-state index in [1.807, 2.05) is 92.8 Å². The molecule has 3 aromatic carbocycles. The maximum absolute atomic E-state index is 12.2. The number of aliphatic carboxylic acids is 1. The molecular weight excluding hydrogens is 572 g/mol. The van der Waals surface area contributed by atoms with Gasteiger partial charge < -0.3 is 30.1 Å². The number of ether oxygens (including phenoxy) is 2. The Morgan fingerprint density at radius 2 is 1.53 bits per heavy atom. The Bertz CT molecular complexity index is 1330. The second-order valence-electron chi connectivity index (χ2n) is 11.9. The lowest BCUT2D eigenvalue weighted by molar-refractivity contribution is -0.253. The van der Waals surface area contributed by atoms with E-state index in [4.69, 9.17) is 14.6 Å². The number of rotatable bonds is 16. The fraction of sp³-hybridized carbons (Fsp3) is 0.444. The lowest BCUT2D eigenvalue weighted by Gasteiger charge is -2.39. The first-order valence-electron chi connectivity index (χ1n) is 15.7. The highest BCUT2D eigenvalue weighted by molar-refractivity contribution is 5.75. The van der Waals surface area contributed by atoms with Crippen LogP contribution in [-0.4, -0.2) is 57.8 Å². The highest BCUT2D eigenvalue weighted by Crippen LogP contribution is 2.38. The normalized spacial score (nSPS) is 19.6. The lowest BCUT2D eigenvalue weighted by atomic mass is 9.98. The molecule has 4 rings (SSSR count). The fourth-order valence-electron chi connectivity index (χ4n) is 5.51. The van der Waals surface area contributed by atoms with Gasteiger partial charge in [0.15, 0.2) is 6.29 Å². The molecule has 45 heavy (non-hydrogen) atoms. The predicted octanol–water partition coefficient (Wildman–Crippen LogP) is 5.43. The van der Waals surface area contributed by atoms with Gasteiger partial charge >= 0.3 is 5.97 Å². The molecule has 9 heteroatoms. The number of benzene rings is 3. The van der Waals surface area contributed by atoms with E-state index in [1.54, 1.807) is 0 Å². The summed E-state index contributed by atoms with van der Waals surface area (Å²) in [5.41, 5.74) is 4.53. The summed E-state index contributed by atoms with van der Waals surface area (Å²) in [6.07, 6.45) is 1.46. The Morgan fingerprint density at radius 1 is 0.889 bits per heavy atom. The molecule has 0 saturated carbocycles. The summed E-state index contributed by atoms with van der Waals surface area (Å²) >= 11 is 0. The molecule has 9 nitrogen and oxygen atoms in total. The highest BCUT2D eigenvalue weighted by atomic mass is 16.7. The highest BCUT2D eigenvalue weighted by Gasteiger charge is 2.34. The molecule has 0 spiro atoms. The van der Waals surface area contributed by atoms with E-state index in [0.29, 0.717) is 45.2 Å². The molecule has 0 unspecified atom stereocenters. The number of nitrogens with one attached hydrogen (secondary N) is 1. The van der Waals surface area contributed by atoms with E-state index in [2.05, 4.69) is 10.2 Å². The Balaban J connectivity index is 1.39. The molecule has 0 radical (unpaired) electrons. The molecule has 1 amide bonds. The van der Waals surface area contributed by atoms with E-state index >= 15 is 0 Å². The lowest BCUT2D eigenvalue weighted by Crippen LogP contribution is -2.43. The molecular formula is C36H46N2O7. The number of carbonyl (C=O) groups is 2. The van der Waals surface area contributed by atoms with Gasteiger partial charge in [0.2, 0.25) is 5.91 Å². The van der Waals surface area contributed by atoms with Gasteiger partial charge in [0, 0.05) is 44.0 Å². The van der Waals surface area contributed by atoms with E-state index in [0.717, 1.165) is 27.8 Å². The number of hydrogen-bond acceptors (Lipinski definition) is 7. The van der Waals surface area contributed by atoms with Crippen molar-refractivity contribution in [2.45, 2.75) is 89.2 Å². The first-order chi connectivity index (χ1) is 21.7. The third-order valence-electron chi connectivity index (χ3n) is 8.44. The summed E-state index contributed by atoms with van der Waals surface area (Å²) in [5, 5.41) is 32.2. The molecule has 0 aliphatic carbocycles. The van der Waals surface area contributed by atoms with Crippen molar-refractivity contribution in [3.8, 4) is 0 Å². The van der Waals surface area contributed by atoms with Crippen LogP contribution in [0.2, 0.25) is 0 Å². The summed E-state index contributed by atoms with van der Waals surface area (Å²) in [5.74, 6) is -0.864. The molecule has 1 saturated heterocycles. The molecule has 1 heterocycles. The number of carboxylic acid groups (broad SMARTS) is 1. The summed E-state index contributed by atoms with van der Waals surface area (Å²) in [7, 11) is 1.99. The molecule has 5 atom stereocenters. The Hall–Kier alpha value is -3.60. The number of carbonyl (C=O) groups excluding carboxylic acids is 1. The predicted molar refractivity (Wildman–Crippen MR) is 171 cm³/mol. The van der Waals surface area contributed by atoms with Gasteiger partial charge in [0.1, 0.15) is 0 Å². The molecule has 4 N–H and O–H groups in total. The van der Waals surface area contributed by atoms with Gasteiger partial charge in [-0.15, -0.1) is 0 Å². The smallest absolute Gasteiger partial charge is 0.303 e. The maximum Gasteiger partial charge on any atom is 0.303 e. The van der Waals surface area contributed by atoms with Crippen LogP contribution in [0.3, 0.4) is 0 Å². The van der Waals surface area contributed by atoms with E-state index in [9.17, 15) is 19.8 Å². The molecule has 0 aromatic heterocycles. The van der Waals surface area contributed by atoms with Crippen LogP contribution in [0.15, 0.2) is 78.9 Å². The summed E-state index contributed by atoms with van der Waals surface area (Å²) in [6, 6.07) is 25.1. The number of aliphatic hydroxyl groups excluding tert-OH is 2.